The summed E-state index contributed by atoms with van der Waals surface area (Å²) in [7, 11) is 0. The van der Waals surface area contributed by atoms with Crippen molar-refractivity contribution in [2.24, 2.45) is 0 Å². The molecule has 1 saturated heterocycles. The molecule has 1 fully saturated rings. The predicted molar refractivity (Wildman–Crippen MR) is 77.1 cm³/mol. The predicted octanol–water partition coefficient (Wildman–Crippen LogP) is 1.99. The molecule has 7 heteroatoms. The lowest BCUT2D eigenvalue weighted by Gasteiger charge is -2.36. The van der Waals surface area contributed by atoms with Crippen LogP contribution in [0.1, 0.15) is 12.8 Å². The van der Waals surface area contributed by atoms with Gasteiger partial charge in [0.2, 0.25) is 5.91 Å². The molecule has 21 heavy (non-hydrogen) atoms. The fourth-order valence-corrected chi connectivity index (χ4v) is 2.59. The standard InChI is InChI=1S/C14H16ClFN2O3/c15-11-9-10(16)1-2-12(11)17-5-7-18(8-6-17)13(19)3-4-14(20)21/h1-2,9H,3-8H2,(H,20,21). The minimum atomic E-state index is -0.972. The normalized spacial score (nSPS) is 15.1. The summed E-state index contributed by atoms with van der Waals surface area (Å²) < 4.78 is 13.0. The highest BCUT2D eigenvalue weighted by Crippen LogP contribution is 2.27. The van der Waals surface area contributed by atoms with Crippen molar-refractivity contribution in [1.82, 2.24) is 4.90 Å². The van der Waals surface area contributed by atoms with Gasteiger partial charge in [0.25, 0.3) is 0 Å². The van der Waals surface area contributed by atoms with E-state index in [9.17, 15) is 14.0 Å². The third-order valence-electron chi connectivity index (χ3n) is 3.44. The Kier molecular flexibility index (Phi) is 5.01. The average molecular weight is 315 g/mol. The minimum absolute atomic E-state index is 0.0205. The van der Waals surface area contributed by atoms with Gasteiger partial charge in [0.1, 0.15) is 5.82 Å². The van der Waals surface area contributed by atoms with Crippen LogP contribution < -0.4 is 4.90 Å². The number of hydrogen-bond donors (Lipinski definition) is 1. The summed E-state index contributed by atoms with van der Waals surface area (Å²) in [6.07, 6.45) is -0.129. The van der Waals surface area contributed by atoms with Crippen LogP contribution in [0.2, 0.25) is 5.02 Å². The van der Waals surface area contributed by atoms with E-state index in [-0.39, 0.29) is 24.6 Å². The van der Waals surface area contributed by atoms with Crippen LogP contribution in [0.5, 0.6) is 0 Å². The number of nitrogens with zero attached hydrogens (tertiary/aromatic N) is 2. The van der Waals surface area contributed by atoms with Crippen LogP contribution in [0.3, 0.4) is 0 Å². The Morgan fingerprint density at radius 2 is 1.86 bits per heavy atom. The highest BCUT2D eigenvalue weighted by Gasteiger charge is 2.22. The molecule has 0 spiro atoms. The summed E-state index contributed by atoms with van der Waals surface area (Å²) in [6, 6.07) is 4.24. The molecule has 0 radical (unpaired) electrons. The number of carboxylic acids is 1. The summed E-state index contributed by atoms with van der Waals surface area (Å²) in [5.41, 5.74) is 0.746. The number of carbonyl (C=O) groups excluding carboxylic acids is 1. The van der Waals surface area contributed by atoms with Crippen molar-refractivity contribution in [3.8, 4) is 0 Å². The number of anilines is 1. The van der Waals surface area contributed by atoms with Gasteiger partial charge in [-0.1, -0.05) is 11.6 Å². The van der Waals surface area contributed by atoms with Crippen molar-refractivity contribution in [3.05, 3.63) is 29.0 Å². The number of rotatable bonds is 4. The van der Waals surface area contributed by atoms with E-state index < -0.39 is 5.97 Å². The summed E-state index contributed by atoms with van der Waals surface area (Å²) in [5.74, 6) is -1.51. The van der Waals surface area contributed by atoms with Gasteiger partial charge >= 0.3 is 5.97 Å². The molecule has 0 saturated carbocycles. The number of benzene rings is 1. The fourth-order valence-electron chi connectivity index (χ4n) is 2.31. The first-order valence-corrected chi connectivity index (χ1v) is 7.05. The van der Waals surface area contributed by atoms with E-state index in [4.69, 9.17) is 16.7 Å². The third-order valence-corrected chi connectivity index (χ3v) is 3.74. The SMILES string of the molecule is O=C(O)CCC(=O)N1CCN(c2ccc(F)cc2Cl)CC1. The topological polar surface area (TPSA) is 60.9 Å². The van der Waals surface area contributed by atoms with Gasteiger partial charge in [0.05, 0.1) is 17.1 Å². The molecule has 1 aromatic carbocycles. The molecule has 1 aliphatic heterocycles. The molecule has 1 amide bonds. The molecule has 114 valence electrons. The maximum atomic E-state index is 13.0. The quantitative estimate of drug-likeness (QED) is 0.923. The van der Waals surface area contributed by atoms with Crippen LogP contribution in [-0.4, -0.2) is 48.1 Å². The van der Waals surface area contributed by atoms with Crippen molar-refractivity contribution in [3.63, 3.8) is 0 Å². The van der Waals surface area contributed by atoms with Crippen LogP contribution in [0.25, 0.3) is 0 Å². The van der Waals surface area contributed by atoms with Crippen LogP contribution in [0.4, 0.5) is 10.1 Å². The smallest absolute Gasteiger partial charge is 0.303 e. The molecular formula is C14H16ClFN2O3. The number of piperazine rings is 1. The Labute approximate surface area is 126 Å². The van der Waals surface area contributed by atoms with Crippen molar-refractivity contribution in [2.45, 2.75) is 12.8 Å². The maximum absolute atomic E-state index is 13.0. The molecule has 1 heterocycles. The lowest BCUT2D eigenvalue weighted by Crippen LogP contribution is -2.48. The molecular weight excluding hydrogens is 299 g/mol. The summed E-state index contributed by atoms with van der Waals surface area (Å²) in [6.45, 7) is 2.19. The van der Waals surface area contributed by atoms with Gasteiger partial charge in [0, 0.05) is 32.6 Å². The fraction of sp³-hybridized carbons (Fsp3) is 0.429. The van der Waals surface area contributed by atoms with E-state index in [1.54, 1.807) is 11.0 Å². The molecule has 2 rings (SSSR count). The van der Waals surface area contributed by atoms with Gasteiger partial charge in [-0.2, -0.15) is 0 Å². The molecule has 0 aromatic heterocycles. The van der Waals surface area contributed by atoms with Crippen molar-refractivity contribution in [1.29, 1.82) is 0 Å². The zero-order chi connectivity index (χ0) is 15.4. The molecule has 1 N–H and O–H groups in total. The second-order valence-electron chi connectivity index (χ2n) is 4.86. The Hall–Kier alpha value is -1.82. The Bertz CT molecular complexity index is 545. The van der Waals surface area contributed by atoms with E-state index >= 15 is 0 Å². The zero-order valence-electron chi connectivity index (χ0n) is 11.4. The summed E-state index contributed by atoms with van der Waals surface area (Å²) in [5, 5.41) is 8.93. The van der Waals surface area contributed by atoms with Crippen LogP contribution in [0.15, 0.2) is 18.2 Å². The van der Waals surface area contributed by atoms with E-state index in [0.29, 0.717) is 31.2 Å². The number of carbonyl (C=O) groups is 2. The van der Waals surface area contributed by atoms with E-state index in [1.807, 2.05) is 4.90 Å². The maximum Gasteiger partial charge on any atom is 0.303 e. The van der Waals surface area contributed by atoms with Gasteiger partial charge in [-0.3, -0.25) is 9.59 Å². The first-order valence-electron chi connectivity index (χ1n) is 6.67. The average Bonchev–Trinajstić information content (AvgIpc) is 2.45. The Morgan fingerprint density at radius 1 is 1.19 bits per heavy atom. The van der Waals surface area contributed by atoms with Crippen molar-refractivity contribution < 1.29 is 19.1 Å². The Balaban J connectivity index is 1.91. The van der Waals surface area contributed by atoms with Gasteiger partial charge in [-0.05, 0) is 18.2 Å². The van der Waals surface area contributed by atoms with Crippen LogP contribution in [0, 0.1) is 5.82 Å². The van der Waals surface area contributed by atoms with Crippen molar-refractivity contribution in [2.75, 3.05) is 31.1 Å². The largest absolute Gasteiger partial charge is 0.481 e. The third kappa shape index (κ3) is 4.07. The van der Waals surface area contributed by atoms with Gasteiger partial charge < -0.3 is 14.9 Å². The zero-order valence-corrected chi connectivity index (χ0v) is 12.1. The first kappa shape index (κ1) is 15.6. The monoisotopic (exact) mass is 314 g/mol. The number of carboxylic acid groups (broad SMARTS) is 1. The number of aliphatic carboxylic acids is 1. The lowest BCUT2D eigenvalue weighted by molar-refractivity contribution is -0.141. The molecule has 0 aliphatic carbocycles. The molecule has 0 unspecified atom stereocenters. The minimum Gasteiger partial charge on any atom is -0.481 e. The van der Waals surface area contributed by atoms with Crippen LogP contribution >= 0.6 is 11.6 Å². The molecule has 1 aliphatic rings. The molecule has 5 nitrogen and oxygen atoms in total. The van der Waals surface area contributed by atoms with Crippen LogP contribution in [-0.2, 0) is 9.59 Å². The van der Waals surface area contributed by atoms with Gasteiger partial charge in [-0.15, -0.1) is 0 Å². The Morgan fingerprint density at radius 3 is 2.43 bits per heavy atom. The van der Waals surface area contributed by atoms with Gasteiger partial charge in [-0.25, -0.2) is 4.39 Å². The number of amides is 1. The molecule has 1 aromatic rings. The second kappa shape index (κ2) is 6.76. The molecule has 0 bridgehead atoms. The van der Waals surface area contributed by atoms with E-state index in [0.717, 1.165) is 5.69 Å². The van der Waals surface area contributed by atoms with E-state index in [1.165, 1.54) is 12.1 Å². The second-order valence-corrected chi connectivity index (χ2v) is 5.26. The molecule has 0 atom stereocenters. The number of halogens is 2. The first-order chi connectivity index (χ1) is 9.97. The lowest BCUT2D eigenvalue weighted by atomic mass is 10.2. The van der Waals surface area contributed by atoms with Crippen molar-refractivity contribution >= 4 is 29.2 Å². The summed E-state index contributed by atoms with van der Waals surface area (Å²) in [4.78, 5) is 25.9. The van der Waals surface area contributed by atoms with E-state index in [2.05, 4.69) is 0 Å². The number of hydrogen-bond acceptors (Lipinski definition) is 3. The summed E-state index contributed by atoms with van der Waals surface area (Å²) >= 11 is 6.02. The van der Waals surface area contributed by atoms with Gasteiger partial charge in [0.15, 0.2) is 0 Å². The highest BCUT2D eigenvalue weighted by atomic mass is 35.5. The highest BCUT2D eigenvalue weighted by molar-refractivity contribution is 6.33.